The van der Waals surface area contributed by atoms with Gasteiger partial charge >= 0.3 is 12.1 Å². The normalized spacial score (nSPS) is 20.1. The standard InChI is InChI=1S/C18H25NO4/c1-6-11-18(15(20)22-5)12-13-9-7-8-10-14(13)19(18)16(21)23-17(2,3)4/h7-10H,6,11-12H2,1-5H3. The molecule has 1 atom stereocenters. The molecule has 126 valence electrons. The fourth-order valence-electron chi connectivity index (χ4n) is 3.15. The van der Waals surface area contributed by atoms with Gasteiger partial charge in [-0.3, -0.25) is 4.90 Å². The van der Waals surface area contributed by atoms with Gasteiger partial charge in [0.05, 0.1) is 12.8 Å². The Morgan fingerprint density at radius 1 is 1.26 bits per heavy atom. The molecule has 0 aromatic heterocycles. The van der Waals surface area contributed by atoms with Crippen LogP contribution in [0.15, 0.2) is 24.3 Å². The van der Waals surface area contributed by atoms with Crippen LogP contribution in [0.2, 0.25) is 0 Å². The number of para-hydroxylation sites is 1. The van der Waals surface area contributed by atoms with E-state index in [4.69, 9.17) is 9.47 Å². The second kappa shape index (κ2) is 6.22. The van der Waals surface area contributed by atoms with E-state index in [9.17, 15) is 9.59 Å². The summed E-state index contributed by atoms with van der Waals surface area (Å²) in [6, 6.07) is 7.55. The molecule has 1 heterocycles. The number of fused-ring (bicyclic) bond motifs is 1. The minimum absolute atomic E-state index is 0.401. The Labute approximate surface area is 137 Å². The van der Waals surface area contributed by atoms with Crippen LogP contribution in [-0.4, -0.2) is 30.3 Å². The largest absolute Gasteiger partial charge is 0.467 e. The number of carbonyl (C=O) groups excluding carboxylic acids is 2. The fraction of sp³-hybridized carbons (Fsp3) is 0.556. The van der Waals surface area contributed by atoms with E-state index >= 15 is 0 Å². The maximum atomic E-state index is 12.8. The number of benzene rings is 1. The van der Waals surface area contributed by atoms with Crippen LogP contribution in [0.3, 0.4) is 0 Å². The molecule has 5 nitrogen and oxygen atoms in total. The number of hydrogen-bond acceptors (Lipinski definition) is 4. The van der Waals surface area contributed by atoms with Crippen LogP contribution in [0.4, 0.5) is 10.5 Å². The number of methoxy groups -OCH3 is 1. The second-order valence-electron chi connectivity index (χ2n) is 6.89. The van der Waals surface area contributed by atoms with Gasteiger partial charge in [0.2, 0.25) is 0 Å². The smallest absolute Gasteiger partial charge is 0.415 e. The third-order valence-electron chi connectivity index (χ3n) is 3.95. The van der Waals surface area contributed by atoms with Gasteiger partial charge < -0.3 is 9.47 Å². The molecule has 23 heavy (non-hydrogen) atoms. The van der Waals surface area contributed by atoms with Crippen molar-refractivity contribution >= 4 is 17.7 Å². The van der Waals surface area contributed by atoms with Gasteiger partial charge in [0.15, 0.2) is 5.54 Å². The van der Waals surface area contributed by atoms with Gasteiger partial charge in [-0.25, -0.2) is 9.59 Å². The highest BCUT2D eigenvalue weighted by atomic mass is 16.6. The van der Waals surface area contributed by atoms with Crippen molar-refractivity contribution in [1.29, 1.82) is 0 Å². The van der Waals surface area contributed by atoms with Gasteiger partial charge in [-0.2, -0.15) is 0 Å². The summed E-state index contributed by atoms with van der Waals surface area (Å²) in [6.45, 7) is 7.42. The van der Waals surface area contributed by atoms with Crippen LogP contribution in [0.1, 0.15) is 46.1 Å². The molecular formula is C18H25NO4. The van der Waals surface area contributed by atoms with E-state index in [2.05, 4.69) is 0 Å². The van der Waals surface area contributed by atoms with Gasteiger partial charge in [-0.05, 0) is 38.8 Å². The van der Waals surface area contributed by atoms with E-state index in [1.54, 1.807) is 0 Å². The summed E-state index contributed by atoms with van der Waals surface area (Å²) in [5.41, 5.74) is 0.0101. The molecule has 0 saturated heterocycles. The number of hydrogen-bond donors (Lipinski definition) is 0. The number of anilines is 1. The van der Waals surface area contributed by atoms with Gasteiger partial charge in [-0.1, -0.05) is 31.5 Å². The third kappa shape index (κ3) is 3.19. The number of nitrogens with zero attached hydrogens (tertiary/aromatic N) is 1. The molecule has 0 saturated carbocycles. The van der Waals surface area contributed by atoms with E-state index in [0.717, 1.165) is 17.7 Å². The Bertz CT molecular complexity index is 605. The first kappa shape index (κ1) is 17.3. The van der Waals surface area contributed by atoms with Gasteiger partial charge in [-0.15, -0.1) is 0 Å². The monoisotopic (exact) mass is 319 g/mol. The summed E-state index contributed by atoms with van der Waals surface area (Å²) in [5.74, 6) is -0.401. The molecule has 0 bridgehead atoms. The topological polar surface area (TPSA) is 55.8 Å². The van der Waals surface area contributed by atoms with Crippen LogP contribution in [0.25, 0.3) is 0 Å². The van der Waals surface area contributed by atoms with Crippen molar-refractivity contribution in [2.24, 2.45) is 0 Å². The van der Waals surface area contributed by atoms with Gasteiger partial charge in [0, 0.05) is 6.42 Å². The number of esters is 1. The average molecular weight is 319 g/mol. The minimum atomic E-state index is -1.03. The van der Waals surface area contributed by atoms with E-state index in [1.165, 1.54) is 12.0 Å². The lowest BCUT2D eigenvalue weighted by atomic mass is 9.89. The highest BCUT2D eigenvalue weighted by Gasteiger charge is 2.53. The summed E-state index contributed by atoms with van der Waals surface area (Å²) in [6.07, 6.45) is 1.21. The summed E-state index contributed by atoms with van der Waals surface area (Å²) in [5, 5.41) is 0. The van der Waals surface area contributed by atoms with Crippen molar-refractivity contribution in [3.63, 3.8) is 0 Å². The third-order valence-corrected chi connectivity index (χ3v) is 3.95. The second-order valence-corrected chi connectivity index (χ2v) is 6.89. The molecule has 1 aliphatic rings. The van der Waals surface area contributed by atoms with E-state index in [0.29, 0.717) is 12.8 Å². The molecular weight excluding hydrogens is 294 g/mol. The van der Waals surface area contributed by atoms with Gasteiger partial charge in [0.1, 0.15) is 5.60 Å². The molecule has 2 rings (SSSR count). The van der Waals surface area contributed by atoms with E-state index in [1.807, 2.05) is 52.0 Å². The predicted molar refractivity (Wildman–Crippen MR) is 88.5 cm³/mol. The van der Waals surface area contributed by atoms with Crippen LogP contribution in [-0.2, 0) is 20.7 Å². The average Bonchev–Trinajstić information content (AvgIpc) is 2.80. The van der Waals surface area contributed by atoms with Crippen molar-refractivity contribution in [1.82, 2.24) is 0 Å². The molecule has 0 fully saturated rings. The molecule has 0 aliphatic carbocycles. The lowest BCUT2D eigenvalue weighted by Gasteiger charge is -2.37. The number of ether oxygens (including phenoxy) is 2. The maximum Gasteiger partial charge on any atom is 0.415 e. The Kier molecular flexibility index (Phi) is 4.68. The van der Waals surface area contributed by atoms with Crippen LogP contribution in [0, 0.1) is 0 Å². The highest BCUT2D eigenvalue weighted by molar-refractivity contribution is 6.02. The predicted octanol–water partition coefficient (Wildman–Crippen LogP) is 3.70. The Morgan fingerprint density at radius 2 is 1.91 bits per heavy atom. The van der Waals surface area contributed by atoms with Crippen molar-refractivity contribution in [2.45, 2.75) is 58.1 Å². The lowest BCUT2D eigenvalue weighted by molar-refractivity contribution is -0.147. The zero-order valence-corrected chi connectivity index (χ0v) is 14.5. The van der Waals surface area contributed by atoms with Gasteiger partial charge in [0.25, 0.3) is 0 Å². The molecule has 1 aromatic carbocycles. The first-order chi connectivity index (χ1) is 10.7. The molecule has 5 heteroatoms. The lowest BCUT2D eigenvalue weighted by Crippen LogP contribution is -2.57. The minimum Gasteiger partial charge on any atom is -0.467 e. The van der Waals surface area contributed by atoms with Crippen molar-refractivity contribution in [3.05, 3.63) is 29.8 Å². The molecule has 0 spiro atoms. The first-order valence-electron chi connectivity index (χ1n) is 7.94. The van der Waals surface area contributed by atoms with Crippen LogP contribution in [0.5, 0.6) is 0 Å². The van der Waals surface area contributed by atoms with Crippen LogP contribution >= 0.6 is 0 Å². The highest BCUT2D eigenvalue weighted by Crippen LogP contribution is 2.43. The maximum absolute atomic E-state index is 12.8. The summed E-state index contributed by atoms with van der Waals surface area (Å²) in [7, 11) is 1.36. The molecule has 1 aromatic rings. The first-order valence-corrected chi connectivity index (χ1v) is 7.94. The molecule has 0 radical (unpaired) electrons. The van der Waals surface area contributed by atoms with E-state index in [-0.39, 0.29) is 0 Å². The van der Waals surface area contributed by atoms with E-state index < -0.39 is 23.2 Å². The zero-order chi connectivity index (χ0) is 17.3. The Hall–Kier alpha value is -2.04. The summed E-state index contributed by atoms with van der Waals surface area (Å²) < 4.78 is 10.6. The van der Waals surface area contributed by atoms with Crippen LogP contribution < -0.4 is 4.90 Å². The fourth-order valence-corrected chi connectivity index (χ4v) is 3.15. The zero-order valence-electron chi connectivity index (χ0n) is 14.5. The number of amides is 1. The molecule has 0 N–H and O–H groups in total. The van der Waals surface area contributed by atoms with Crippen molar-refractivity contribution in [2.75, 3.05) is 12.0 Å². The molecule has 1 amide bonds. The Morgan fingerprint density at radius 3 is 2.48 bits per heavy atom. The van der Waals surface area contributed by atoms with Crippen molar-refractivity contribution < 1.29 is 19.1 Å². The SMILES string of the molecule is CCCC1(C(=O)OC)Cc2ccccc2N1C(=O)OC(C)(C)C. The quantitative estimate of drug-likeness (QED) is 0.797. The number of rotatable bonds is 3. The van der Waals surface area contributed by atoms with Crippen molar-refractivity contribution in [3.8, 4) is 0 Å². The number of carbonyl (C=O) groups is 2. The summed E-state index contributed by atoms with van der Waals surface area (Å²) >= 11 is 0. The molecule has 1 unspecified atom stereocenters. The summed E-state index contributed by atoms with van der Waals surface area (Å²) in [4.78, 5) is 26.9. The molecule has 1 aliphatic heterocycles. The Balaban J connectivity index is 2.53.